The van der Waals surface area contributed by atoms with Crippen molar-refractivity contribution in [1.29, 1.82) is 0 Å². The van der Waals surface area contributed by atoms with Gasteiger partial charge < -0.3 is 10.4 Å². The minimum absolute atomic E-state index is 0.178. The Bertz CT molecular complexity index is 698. The van der Waals surface area contributed by atoms with E-state index in [1.165, 1.54) is 0 Å². The van der Waals surface area contributed by atoms with Crippen molar-refractivity contribution >= 4 is 11.9 Å². The smallest absolute Gasteiger partial charge is 0.305 e. The number of rotatable bonds is 5. The zero-order chi connectivity index (χ0) is 16.1. The Kier molecular flexibility index (Phi) is 4.88. The van der Waals surface area contributed by atoms with Gasteiger partial charge in [-0.05, 0) is 37.1 Å². The fourth-order valence-electron chi connectivity index (χ4n) is 2.29. The number of pyridine rings is 1. The number of benzene rings is 1. The highest BCUT2D eigenvalue weighted by Gasteiger charge is 2.20. The highest BCUT2D eigenvalue weighted by molar-refractivity contribution is 5.92. The van der Waals surface area contributed by atoms with Gasteiger partial charge in [0.1, 0.15) is 5.69 Å². The summed E-state index contributed by atoms with van der Waals surface area (Å²) in [7, 11) is 0. The minimum Gasteiger partial charge on any atom is -0.481 e. The van der Waals surface area contributed by atoms with Crippen molar-refractivity contribution in [3.05, 3.63) is 65.0 Å². The summed E-state index contributed by atoms with van der Waals surface area (Å²) in [5.74, 6) is -1.34. The van der Waals surface area contributed by atoms with Crippen LogP contribution in [0.4, 0.5) is 0 Å². The molecule has 2 rings (SSSR count). The Morgan fingerprint density at radius 3 is 2.50 bits per heavy atom. The summed E-state index contributed by atoms with van der Waals surface area (Å²) in [6.07, 6.45) is -0.178. The van der Waals surface area contributed by atoms with Crippen molar-refractivity contribution in [3.8, 4) is 0 Å². The van der Waals surface area contributed by atoms with Gasteiger partial charge in [-0.1, -0.05) is 30.3 Å². The number of nitrogens with one attached hydrogen (secondary N) is 1. The molecule has 0 aliphatic carbocycles. The van der Waals surface area contributed by atoms with Crippen molar-refractivity contribution < 1.29 is 14.7 Å². The maximum Gasteiger partial charge on any atom is 0.305 e. The topological polar surface area (TPSA) is 79.3 Å². The van der Waals surface area contributed by atoms with Gasteiger partial charge in [-0.15, -0.1) is 0 Å². The first-order valence-corrected chi connectivity index (χ1v) is 6.99. The van der Waals surface area contributed by atoms with Gasteiger partial charge in [-0.2, -0.15) is 0 Å². The molecule has 0 aliphatic heterocycles. The standard InChI is InChI=1S/C17H18N2O3/c1-11-6-3-4-8-13(11)15(10-16(20)21)19-17(22)14-9-5-7-12(2)18-14/h3-9,15H,10H2,1-2H3,(H,19,22)(H,20,21). The fraction of sp³-hybridized carbons (Fsp3) is 0.235. The van der Waals surface area contributed by atoms with E-state index >= 15 is 0 Å². The second kappa shape index (κ2) is 6.85. The van der Waals surface area contributed by atoms with Crippen molar-refractivity contribution in [2.75, 3.05) is 0 Å². The highest BCUT2D eigenvalue weighted by atomic mass is 16.4. The maximum absolute atomic E-state index is 12.3. The van der Waals surface area contributed by atoms with Crippen molar-refractivity contribution in [2.24, 2.45) is 0 Å². The number of aryl methyl sites for hydroxylation is 2. The van der Waals surface area contributed by atoms with Crippen LogP contribution in [0.5, 0.6) is 0 Å². The number of hydrogen-bond donors (Lipinski definition) is 2. The average Bonchev–Trinajstić information content (AvgIpc) is 2.46. The SMILES string of the molecule is Cc1cccc(C(=O)NC(CC(=O)O)c2ccccc2C)n1. The Morgan fingerprint density at radius 1 is 1.14 bits per heavy atom. The number of nitrogens with zero attached hydrogens (tertiary/aromatic N) is 1. The number of carboxylic acid groups (broad SMARTS) is 1. The molecule has 1 atom stereocenters. The molecule has 114 valence electrons. The molecule has 1 amide bonds. The highest BCUT2D eigenvalue weighted by Crippen LogP contribution is 2.21. The first-order valence-electron chi connectivity index (χ1n) is 6.99. The van der Waals surface area contributed by atoms with Crippen LogP contribution in [0.15, 0.2) is 42.5 Å². The van der Waals surface area contributed by atoms with Crippen LogP contribution in [0, 0.1) is 13.8 Å². The molecule has 0 saturated heterocycles. The number of carbonyl (C=O) groups excluding carboxylic acids is 1. The molecule has 0 aliphatic rings. The van der Waals surface area contributed by atoms with E-state index in [0.717, 1.165) is 16.8 Å². The van der Waals surface area contributed by atoms with Crippen LogP contribution < -0.4 is 5.32 Å². The number of carboxylic acids is 1. The lowest BCUT2D eigenvalue weighted by Crippen LogP contribution is -2.31. The Labute approximate surface area is 129 Å². The molecule has 5 nitrogen and oxygen atoms in total. The Balaban J connectivity index is 2.25. The van der Waals surface area contributed by atoms with Crippen LogP contribution in [-0.4, -0.2) is 22.0 Å². The molecule has 1 heterocycles. The predicted octanol–water partition coefficient (Wildman–Crippen LogP) is 2.64. The molecule has 1 aromatic carbocycles. The fourth-order valence-corrected chi connectivity index (χ4v) is 2.29. The van der Waals surface area contributed by atoms with Gasteiger partial charge in [0.2, 0.25) is 0 Å². The van der Waals surface area contributed by atoms with E-state index in [-0.39, 0.29) is 18.0 Å². The molecule has 0 saturated carbocycles. The molecule has 0 bridgehead atoms. The summed E-state index contributed by atoms with van der Waals surface area (Å²) in [5, 5.41) is 11.9. The van der Waals surface area contributed by atoms with Crippen molar-refractivity contribution in [1.82, 2.24) is 10.3 Å². The molecule has 1 unspecified atom stereocenters. The molecule has 5 heteroatoms. The van der Waals surface area contributed by atoms with Gasteiger partial charge in [0, 0.05) is 5.69 Å². The summed E-state index contributed by atoms with van der Waals surface area (Å²) in [5.41, 5.74) is 2.75. The van der Waals surface area contributed by atoms with Crippen molar-refractivity contribution in [2.45, 2.75) is 26.3 Å². The summed E-state index contributed by atoms with van der Waals surface area (Å²) in [4.78, 5) is 27.6. The monoisotopic (exact) mass is 298 g/mol. The van der Waals surface area contributed by atoms with Crippen molar-refractivity contribution in [3.63, 3.8) is 0 Å². The summed E-state index contributed by atoms with van der Waals surface area (Å²) >= 11 is 0. The number of aliphatic carboxylic acids is 1. The maximum atomic E-state index is 12.3. The van der Waals surface area contributed by atoms with E-state index in [1.807, 2.05) is 31.2 Å². The minimum atomic E-state index is -0.967. The summed E-state index contributed by atoms with van der Waals surface area (Å²) < 4.78 is 0. The van der Waals surface area contributed by atoms with Gasteiger partial charge in [-0.25, -0.2) is 4.98 Å². The lowest BCUT2D eigenvalue weighted by atomic mass is 9.98. The molecule has 2 N–H and O–H groups in total. The lowest BCUT2D eigenvalue weighted by Gasteiger charge is -2.19. The van der Waals surface area contributed by atoms with Gasteiger partial charge in [0.05, 0.1) is 12.5 Å². The Morgan fingerprint density at radius 2 is 1.86 bits per heavy atom. The van der Waals surface area contributed by atoms with Gasteiger partial charge in [0.25, 0.3) is 5.91 Å². The quantitative estimate of drug-likeness (QED) is 0.889. The molecular formula is C17H18N2O3. The predicted molar refractivity (Wildman–Crippen MR) is 82.6 cm³/mol. The van der Waals surface area contributed by atoms with E-state index in [0.29, 0.717) is 0 Å². The molecular weight excluding hydrogens is 280 g/mol. The summed E-state index contributed by atoms with van der Waals surface area (Å²) in [6.45, 7) is 3.69. The average molecular weight is 298 g/mol. The van der Waals surface area contributed by atoms with Crippen LogP contribution >= 0.6 is 0 Å². The van der Waals surface area contributed by atoms with E-state index in [2.05, 4.69) is 10.3 Å². The van der Waals surface area contributed by atoms with E-state index in [1.54, 1.807) is 25.1 Å². The number of aromatic nitrogens is 1. The second-order valence-corrected chi connectivity index (χ2v) is 5.14. The first-order chi connectivity index (χ1) is 10.5. The third-order valence-electron chi connectivity index (χ3n) is 3.37. The van der Waals surface area contributed by atoms with Crippen LogP contribution in [0.3, 0.4) is 0 Å². The first kappa shape index (κ1) is 15.7. The number of hydrogen-bond acceptors (Lipinski definition) is 3. The molecule has 22 heavy (non-hydrogen) atoms. The van der Waals surface area contributed by atoms with E-state index < -0.39 is 12.0 Å². The van der Waals surface area contributed by atoms with Gasteiger partial charge in [0.15, 0.2) is 0 Å². The number of carbonyl (C=O) groups is 2. The lowest BCUT2D eigenvalue weighted by molar-refractivity contribution is -0.137. The molecule has 0 spiro atoms. The molecule has 0 fully saturated rings. The van der Waals surface area contributed by atoms with Crippen LogP contribution in [0.25, 0.3) is 0 Å². The third-order valence-corrected chi connectivity index (χ3v) is 3.37. The Hall–Kier alpha value is -2.69. The molecule has 0 radical (unpaired) electrons. The molecule has 2 aromatic rings. The zero-order valence-corrected chi connectivity index (χ0v) is 12.5. The third kappa shape index (κ3) is 3.91. The number of amides is 1. The van der Waals surface area contributed by atoms with Crippen LogP contribution in [-0.2, 0) is 4.79 Å². The largest absolute Gasteiger partial charge is 0.481 e. The summed E-state index contributed by atoms with van der Waals surface area (Å²) in [6, 6.07) is 12.0. The molecule has 1 aromatic heterocycles. The normalized spacial score (nSPS) is 11.7. The zero-order valence-electron chi connectivity index (χ0n) is 12.5. The van der Waals surface area contributed by atoms with E-state index in [9.17, 15) is 9.59 Å². The van der Waals surface area contributed by atoms with Crippen LogP contribution in [0.1, 0.15) is 39.8 Å². The van der Waals surface area contributed by atoms with Gasteiger partial charge >= 0.3 is 5.97 Å². The van der Waals surface area contributed by atoms with Crippen LogP contribution in [0.2, 0.25) is 0 Å². The second-order valence-electron chi connectivity index (χ2n) is 5.14. The van der Waals surface area contributed by atoms with Gasteiger partial charge in [-0.3, -0.25) is 9.59 Å². The van der Waals surface area contributed by atoms with E-state index in [4.69, 9.17) is 5.11 Å².